The lowest BCUT2D eigenvalue weighted by atomic mass is 10.2. The van der Waals surface area contributed by atoms with Crippen molar-refractivity contribution in [1.29, 1.82) is 0 Å². The van der Waals surface area contributed by atoms with Gasteiger partial charge in [0.25, 0.3) is 0 Å². The summed E-state index contributed by atoms with van der Waals surface area (Å²) in [6.07, 6.45) is 0. The lowest BCUT2D eigenvalue weighted by molar-refractivity contribution is 0.373. The summed E-state index contributed by atoms with van der Waals surface area (Å²) in [5.41, 5.74) is 3.93. The standard InChI is InChI=1S/C13H17N3O2/c1-8-13(9(2)16-15-8)14-7-10-4-5-12(18-3)11(17)6-10/h4-6,14,17H,7H2,1-3H3,(H,15,16). The molecule has 5 heteroatoms. The largest absolute Gasteiger partial charge is 0.504 e. The zero-order valence-electron chi connectivity index (χ0n) is 10.7. The number of ether oxygens (including phenoxy) is 1. The van der Waals surface area contributed by atoms with E-state index in [0.29, 0.717) is 12.3 Å². The van der Waals surface area contributed by atoms with Crippen LogP contribution in [0.25, 0.3) is 0 Å². The second-order valence-corrected chi connectivity index (χ2v) is 4.17. The van der Waals surface area contributed by atoms with E-state index in [9.17, 15) is 5.11 Å². The lowest BCUT2D eigenvalue weighted by Crippen LogP contribution is -2.01. The quantitative estimate of drug-likeness (QED) is 0.775. The molecule has 0 bridgehead atoms. The van der Waals surface area contributed by atoms with Crippen LogP contribution in [-0.4, -0.2) is 22.4 Å². The summed E-state index contributed by atoms with van der Waals surface area (Å²) < 4.78 is 5.00. The number of aromatic hydroxyl groups is 1. The van der Waals surface area contributed by atoms with E-state index >= 15 is 0 Å². The normalized spacial score (nSPS) is 10.4. The summed E-state index contributed by atoms with van der Waals surface area (Å²) >= 11 is 0. The van der Waals surface area contributed by atoms with Gasteiger partial charge in [0.2, 0.25) is 0 Å². The van der Waals surface area contributed by atoms with Crippen molar-refractivity contribution in [3.63, 3.8) is 0 Å². The Balaban J connectivity index is 2.09. The van der Waals surface area contributed by atoms with Crippen LogP contribution in [0.3, 0.4) is 0 Å². The summed E-state index contributed by atoms with van der Waals surface area (Å²) in [5.74, 6) is 0.631. The molecule has 0 unspecified atom stereocenters. The topological polar surface area (TPSA) is 70.2 Å². The number of phenolic OH excluding ortho intramolecular Hbond substituents is 1. The van der Waals surface area contributed by atoms with Gasteiger partial charge in [-0.05, 0) is 31.5 Å². The Bertz CT molecular complexity index is 530. The van der Waals surface area contributed by atoms with Crippen LogP contribution in [0, 0.1) is 13.8 Å². The highest BCUT2D eigenvalue weighted by Crippen LogP contribution is 2.26. The number of methoxy groups -OCH3 is 1. The van der Waals surface area contributed by atoms with Gasteiger partial charge in [0.15, 0.2) is 11.5 Å². The third-order valence-corrected chi connectivity index (χ3v) is 2.84. The second kappa shape index (κ2) is 5.00. The first-order valence-electron chi connectivity index (χ1n) is 5.73. The van der Waals surface area contributed by atoms with Crippen molar-refractivity contribution < 1.29 is 9.84 Å². The van der Waals surface area contributed by atoms with E-state index in [1.165, 1.54) is 7.11 Å². The number of phenols is 1. The summed E-state index contributed by atoms with van der Waals surface area (Å²) in [4.78, 5) is 0. The van der Waals surface area contributed by atoms with E-state index in [4.69, 9.17) is 4.74 Å². The number of benzene rings is 1. The van der Waals surface area contributed by atoms with Crippen LogP contribution in [0.5, 0.6) is 11.5 Å². The molecule has 0 aliphatic rings. The van der Waals surface area contributed by atoms with Crippen molar-refractivity contribution in [1.82, 2.24) is 10.2 Å². The van der Waals surface area contributed by atoms with Crippen molar-refractivity contribution in [2.24, 2.45) is 0 Å². The Morgan fingerprint density at radius 1 is 1.39 bits per heavy atom. The number of rotatable bonds is 4. The molecule has 0 fully saturated rings. The molecule has 1 heterocycles. The van der Waals surface area contributed by atoms with Crippen molar-refractivity contribution >= 4 is 5.69 Å². The maximum Gasteiger partial charge on any atom is 0.160 e. The molecule has 0 atom stereocenters. The Hall–Kier alpha value is -2.17. The van der Waals surface area contributed by atoms with Crippen LogP contribution in [0.15, 0.2) is 18.2 Å². The average molecular weight is 247 g/mol. The van der Waals surface area contributed by atoms with Gasteiger partial charge in [0.1, 0.15) is 0 Å². The molecule has 0 saturated carbocycles. The number of nitrogens with zero attached hydrogens (tertiary/aromatic N) is 1. The van der Waals surface area contributed by atoms with Gasteiger partial charge in [0.05, 0.1) is 24.2 Å². The van der Waals surface area contributed by atoms with Gasteiger partial charge in [-0.25, -0.2) is 0 Å². The third-order valence-electron chi connectivity index (χ3n) is 2.84. The molecule has 1 aromatic carbocycles. The number of aromatic amines is 1. The van der Waals surface area contributed by atoms with E-state index in [0.717, 1.165) is 22.6 Å². The minimum atomic E-state index is 0.150. The van der Waals surface area contributed by atoms with Gasteiger partial charge in [0, 0.05) is 6.54 Å². The minimum absolute atomic E-state index is 0.150. The molecule has 0 aliphatic carbocycles. The number of nitrogens with one attached hydrogen (secondary N) is 2. The average Bonchev–Trinajstić information content (AvgIpc) is 2.67. The highest BCUT2D eigenvalue weighted by molar-refractivity contribution is 5.52. The Labute approximate surface area is 106 Å². The van der Waals surface area contributed by atoms with Crippen molar-refractivity contribution in [3.8, 4) is 11.5 Å². The number of aryl methyl sites for hydroxylation is 2. The predicted molar refractivity (Wildman–Crippen MR) is 70.0 cm³/mol. The van der Waals surface area contributed by atoms with Crippen molar-refractivity contribution in [3.05, 3.63) is 35.2 Å². The lowest BCUT2D eigenvalue weighted by Gasteiger charge is -2.08. The molecule has 2 rings (SSSR count). The predicted octanol–water partition coefficient (Wildman–Crippen LogP) is 2.35. The van der Waals surface area contributed by atoms with E-state index in [1.54, 1.807) is 12.1 Å². The third kappa shape index (κ3) is 2.40. The summed E-state index contributed by atoms with van der Waals surface area (Å²) in [7, 11) is 1.53. The molecule has 0 saturated heterocycles. The van der Waals surface area contributed by atoms with Gasteiger partial charge in [-0.15, -0.1) is 0 Å². The first-order valence-corrected chi connectivity index (χ1v) is 5.73. The highest BCUT2D eigenvalue weighted by atomic mass is 16.5. The molecular formula is C13H17N3O2. The molecule has 0 radical (unpaired) electrons. The zero-order chi connectivity index (χ0) is 13.1. The molecule has 18 heavy (non-hydrogen) atoms. The van der Waals surface area contributed by atoms with E-state index in [-0.39, 0.29) is 5.75 Å². The number of anilines is 1. The highest BCUT2D eigenvalue weighted by Gasteiger charge is 2.06. The van der Waals surface area contributed by atoms with Crippen LogP contribution in [0.1, 0.15) is 17.0 Å². The monoisotopic (exact) mass is 247 g/mol. The van der Waals surface area contributed by atoms with Gasteiger partial charge in [-0.1, -0.05) is 6.07 Å². The maximum atomic E-state index is 9.69. The molecule has 0 spiro atoms. The van der Waals surface area contributed by atoms with Crippen molar-refractivity contribution in [2.45, 2.75) is 20.4 Å². The van der Waals surface area contributed by atoms with Crippen LogP contribution in [-0.2, 0) is 6.54 Å². The first-order chi connectivity index (χ1) is 8.61. The summed E-state index contributed by atoms with van der Waals surface area (Å²) in [6, 6.07) is 5.36. The molecular weight excluding hydrogens is 230 g/mol. The van der Waals surface area contributed by atoms with Crippen LogP contribution in [0.2, 0.25) is 0 Å². The van der Waals surface area contributed by atoms with Gasteiger partial charge >= 0.3 is 0 Å². The van der Waals surface area contributed by atoms with Crippen LogP contribution >= 0.6 is 0 Å². The molecule has 0 amide bonds. The zero-order valence-corrected chi connectivity index (χ0v) is 10.7. The number of aromatic nitrogens is 2. The second-order valence-electron chi connectivity index (χ2n) is 4.17. The van der Waals surface area contributed by atoms with Crippen molar-refractivity contribution in [2.75, 3.05) is 12.4 Å². The minimum Gasteiger partial charge on any atom is -0.504 e. The SMILES string of the molecule is COc1ccc(CNc2c(C)n[nH]c2C)cc1O. The fourth-order valence-corrected chi connectivity index (χ4v) is 1.85. The van der Waals surface area contributed by atoms with Gasteiger partial charge < -0.3 is 15.2 Å². The van der Waals surface area contributed by atoms with Crippen LogP contribution < -0.4 is 10.1 Å². The molecule has 3 N–H and O–H groups in total. The fourth-order valence-electron chi connectivity index (χ4n) is 1.85. The Morgan fingerprint density at radius 3 is 2.72 bits per heavy atom. The molecule has 5 nitrogen and oxygen atoms in total. The number of hydrogen-bond acceptors (Lipinski definition) is 4. The van der Waals surface area contributed by atoms with E-state index in [1.807, 2.05) is 19.9 Å². The summed E-state index contributed by atoms with van der Waals surface area (Å²) in [5, 5.41) is 20.0. The fraction of sp³-hybridized carbons (Fsp3) is 0.308. The smallest absolute Gasteiger partial charge is 0.160 e. The molecule has 2 aromatic rings. The van der Waals surface area contributed by atoms with Gasteiger partial charge in [-0.3, -0.25) is 5.10 Å². The maximum absolute atomic E-state index is 9.69. The van der Waals surface area contributed by atoms with E-state index in [2.05, 4.69) is 15.5 Å². The molecule has 1 aromatic heterocycles. The van der Waals surface area contributed by atoms with Crippen LogP contribution in [0.4, 0.5) is 5.69 Å². The Morgan fingerprint density at radius 2 is 2.17 bits per heavy atom. The van der Waals surface area contributed by atoms with E-state index < -0.39 is 0 Å². The van der Waals surface area contributed by atoms with Gasteiger partial charge in [-0.2, -0.15) is 5.10 Å². The Kier molecular flexibility index (Phi) is 3.41. The number of H-pyrrole nitrogens is 1. The summed E-state index contributed by atoms with van der Waals surface area (Å²) in [6.45, 7) is 4.53. The molecule has 0 aliphatic heterocycles. The first kappa shape index (κ1) is 12.3. The number of hydrogen-bond donors (Lipinski definition) is 3. The molecule has 96 valence electrons.